The molecule has 7 heteroatoms. The molecule has 96 valence electrons. The van der Waals surface area contributed by atoms with Crippen LogP contribution in [0, 0.1) is 6.92 Å². The number of aromatic nitrogens is 5. The predicted molar refractivity (Wildman–Crippen MR) is 75.6 cm³/mol. The molecule has 2 aromatic heterocycles. The zero-order valence-corrected chi connectivity index (χ0v) is 11.9. The summed E-state index contributed by atoms with van der Waals surface area (Å²) in [7, 11) is 0. The van der Waals surface area contributed by atoms with Crippen LogP contribution in [-0.4, -0.2) is 25.2 Å². The van der Waals surface area contributed by atoms with E-state index in [1.807, 2.05) is 37.3 Å². The third-order valence-electron chi connectivity index (χ3n) is 2.46. The first-order valence-corrected chi connectivity index (χ1v) is 7.57. The highest BCUT2D eigenvalue weighted by Crippen LogP contribution is 2.22. The topological polar surface area (TPSA) is 56.5 Å². The zero-order chi connectivity index (χ0) is 13.1. The molecule has 5 nitrogen and oxygen atoms in total. The molecule has 3 aromatic rings. The molecule has 1 aromatic carbocycles. The van der Waals surface area contributed by atoms with Crippen LogP contribution in [-0.2, 0) is 5.75 Å². The van der Waals surface area contributed by atoms with Crippen LogP contribution in [0.1, 0.15) is 10.7 Å². The van der Waals surface area contributed by atoms with E-state index in [2.05, 4.69) is 25.9 Å². The fourth-order valence-corrected chi connectivity index (χ4v) is 3.11. The molecule has 0 saturated heterocycles. The molecule has 0 aliphatic carbocycles. The van der Waals surface area contributed by atoms with Crippen molar-refractivity contribution in [3.05, 3.63) is 46.4 Å². The van der Waals surface area contributed by atoms with E-state index in [0.717, 1.165) is 27.3 Å². The normalized spacial score (nSPS) is 10.8. The third kappa shape index (κ3) is 2.82. The molecule has 2 heterocycles. The highest BCUT2D eigenvalue weighted by molar-refractivity contribution is 7.98. The van der Waals surface area contributed by atoms with Gasteiger partial charge in [0.2, 0.25) is 5.16 Å². The zero-order valence-electron chi connectivity index (χ0n) is 10.2. The molecule has 0 atom stereocenters. The molecule has 0 saturated carbocycles. The molecule has 0 N–H and O–H groups in total. The standard InChI is InChI=1S/C12H11N5S2/c1-9-13-10(7-18-9)8-19-12-14-15-16-17(12)11-5-3-2-4-6-11/h2-7H,8H2,1H3. The van der Waals surface area contributed by atoms with Crippen LogP contribution in [0.25, 0.3) is 5.69 Å². The number of hydrogen-bond donors (Lipinski definition) is 0. The number of tetrazole rings is 1. The fraction of sp³-hybridized carbons (Fsp3) is 0.167. The Kier molecular flexibility index (Phi) is 3.56. The first kappa shape index (κ1) is 12.3. The Bertz CT molecular complexity index is 662. The Morgan fingerprint density at radius 1 is 1.26 bits per heavy atom. The van der Waals surface area contributed by atoms with Crippen molar-refractivity contribution in [2.75, 3.05) is 0 Å². The van der Waals surface area contributed by atoms with Crippen LogP contribution in [0.4, 0.5) is 0 Å². The number of thioether (sulfide) groups is 1. The molecule has 3 rings (SSSR count). The fourth-order valence-electron chi connectivity index (χ4n) is 1.61. The molecule has 0 amide bonds. The summed E-state index contributed by atoms with van der Waals surface area (Å²) in [5.74, 6) is 0.775. The van der Waals surface area contributed by atoms with Crippen molar-refractivity contribution in [2.45, 2.75) is 17.8 Å². The van der Waals surface area contributed by atoms with Gasteiger partial charge < -0.3 is 0 Å². The number of para-hydroxylation sites is 1. The van der Waals surface area contributed by atoms with E-state index >= 15 is 0 Å². The van der Waals surface area contributed by atoms with Crippen LogP contribution in [0.5, 0.6) is 0 Å². The van der Waals surface area contributed by atoms with Gasteiger partial charge in [-0.1, -0.05) is 30.0 Å². The van der Waals surface area contributed by atoms with Gasteiger partial charge in [-0.2, -0.15) is 4.68 Å². The maximum atomic E-state index is 4.43. The lowest BCUT2D eigenvalue weighted by Crippen LogP contribution is -1.98. The molecule has 19 heavy (non-hydrogen) atoms. The maximum absolute atomic E-state index is 4.43. The highest BCUT2D eigenvalue weighted by Gasteiger charge is 2.09. The van der Waals surface area contributed by atoms with Gasteiger partial charge in [0.25, 0.3) is 0 Å². The van der Waals surface area contributed by atoms with Crippen molar-refractivity contribution >= 4 is 23.1 Å². The Hall–Kier alpha value is -1.73. The van der Waals surface area contributed by atoms with Gasteiger partial charge in [0.05, 0.1) is 16.4 Å². The number of rotatable bonds is 4. The van der Waals surface area contributed by atoms with E-state index in [1.54, 1.807) is 27.8 Å². The Labute approximate surface area is 118 Å². The van der Waals surface area contributed by atoms with Gasteiger partial charge in [-0.05, 0) is 29.5 Å². The summed E-state index contributed by atoms with van der Waals surface area (Å²) < 4.78 is 1.74. The van der Waals surface area contributed by atoms with E-state index in [4.69, 9.17) is 0 Å². The van der Waals surface area contributed by atoms with Gasteiger partial charge in [-0.25, -0.2) is 4.98 Å². The van der Waals surface area contributed by atoms with Crippen molar-refractivity contribution in [3.8, 4) is 5.69 Å². The minimum Gasteiger partial charge on any atom is -0.246 e. The monoisotopic (exact) mass is 289 g/mol. The molecule has 0 radical (unpaired) electrons. The molecule has 0 aliphatic heterocycles. The van der Waals surface area contributed by atoms with Crippen molar-refractivity contribution in [3.63, 3.8) is 0 Å². The summed E-state index contributed by atoms with van der Waals surface area (Å²) in [5.41, 5.74) is 2.03. The van der Waals surface area contributed by atoms with Gasteiger partial charge in [0, 0.05) is 11.1 Å². The second-order valence-electron chi connectivity index (χ2n) is 3.86. The minimum absolute atomic E-state index is 0.775. The number of thiazole rings is 1. The lowest BCUT2D eigenvalue weighted by atomic mass is 10.3. The first-order valence-electron chi connectivity index (χ1n) is 5.70. The van der Waals surface area contributed by atoms with Gasteiger partial charge in [-0.3, -0.25) is 0 Å². The van der Waals surface area contributed by atoms with E-state index in [0.29, 0.717) is 0 Å². The third-order valence-corrected chi connectivity index (χ3v) is 4.23. The van der Waals surface area contributed by atoms with Crippen LogP contribution in [0.15, 0.2) is 40.9 Å². The summed E-state index contributed by atoms with van der Waals surface area (Å²) >= 11 is 3.25. The lowest BCUT2D eigenvalue weighted by Gasteiger charge is -2.02. The second kappa shape index (κ2) is 5.50. The van der Waals surface area contributed by atoms with Crippen LogP contribution in [0.2, 0.25) is 0 Å². The van der Waals surface area contributed by atoms with Gasteiger partial charge in [0.1, 0.15) is 0 Å². The molecule has 0 spiro atoms. The van der Waals surface area contributed by atoms with Crippen molar-refractivity contribution in [1.29, 1.82) is 0 Å². The van der Waals surface area contributed by atoms with E-state index in [-0.39, 0.29) is 0 Å². The summed E-state index contributed by atoms with van der Waals surface area (Å²) in [4.78, 5) is 4.43. The largest absolute Gasteiger partial charge is 0.246 e. The number of nitrogens with zero attached hydrogens (tertiary/aromatic N) is 5. The van der Waals surface area contributed by atoms with Gasteiger partial charge in [-0.15, -0.1) is 16.4 Å². The molecule has 0 aliphatic rings. The average molecular weight is 289 g/mol. The molecular formula is C12H11N5S2. The SMILES string of the molecule is Cc1nc(CSc2nnnn2-c2ccccc2)cs1. The number of benzene rings is 1. The lowest BCUT2D eigenvalue weighted by molar-refractivity contribution is 0.756. The highest BCUT2D eigenvalue weighted by atomic mass is 32.2. The van der Waals surface area contributed by atoms with E-state index < -0.39 is 0 Å². The minimum atomic E-state index is 0.775. The van der Waals surface area contributed by atoms with Gasteiger partial charge in [0.15, 0.2) is 0 Å². The summed E-state index contributed by atoms with van der Waals surface area (Å²) in [5, 5.41) is 15.7. The van der Waals surface area contributed by atoms with Crippen LogP contribution < -0.4 is 0 Å². The van der Waals surface area contributed by atoms with Crippen molar-refractivity contribution in [2.24, 2.45) is 0 Å². The summed E-state index contributed by atoms with van der Waals surface area (Å²) in [6, 6.07) is 9.87. The van der Waals surface area contributed by atoms with Gasteiger partial charge >= 0.3 is 0 Å². The maximum Gasteiger partial charge on any atom is 0.214 e. The second-order valence-corrected chi connectivity index (χ2v) is 5.86. The van der Waals surface area contributed by atoms with E-state index in [9.17, 15) is 0 Å². The first-order chi connectivity index (χ1) is 9.33. The Morgan fingerprint density at radius 2 is 2.11 bits per heavy atom. The smallest absolute Gasteiger partial charge is 0.214 e. The Morgan fingerprint density at radius 3 is 2.84 bits per heavy atom. The number of hydrogen-bond acceptors (Lipinski definition) is 6. The van der Waals surface area contributed by atoms with E-state index in [1.165, 1.54) is 0 Å². The number of aryl methyl sites for hydroxylation is 1. The quantitative estimate of drug-likeness (QED) is 0.691. The summed E-state index contributed by atoms with van der Waals surface area (Å²) in [6.07, 6.45) is 0. The molecule has 0 bridgehead atoms. The Balaban J connectivity index is 1.77. The van der Waals surface area contributed by atoms with Crippen LogP contribution >= 0.6 is 23.1 Å². The average Bonchev–Trinajstić information content (AvgIpc) is 3.06. The molecule has 0 fully saturated rings. The predicted octanol–water partition coefficient (Wildman–Crippen LogP) is 2.72. The van der Waals surface area contributed by atoms with Crippen molar-refractivity contribution < 1.29 is 0 Å². The van der Waals surface area contributed by atoms with Crippen molar-refractivity contribution in [1.82, 2.24) is 25.2 Å². The molecular weight excluding hydrogens is 278 g/mol. The molecule has 0 unspecified atom stereocenters. The summed E-state index contributed by atoms with van der Waals surface area (Å²) in [6.45, 7) is 2.01. The van der Waals surface area contributed by atoms with Crippen LogP contribution in [0.3, 0.4) is 0 Å².